The lowest BCUT2D eigenvalue weighted by molar-refractivity contribution is -0.132. The lowest BCUT2D eigenvalue weighted by Crippen LogP contribution is -2.41. The molecule has 1 fully saturated rings. The number of fused-ring (bicyclic) bond motifs is 1. The lowest BCUT2D eigenvalue weighted by atomic mass is 10.2. The van der Waals surface area contributed by atoms with E-state index >= 15 is 0 Å². The molecule has 20 heavy (non-hydrogen) atoms. The topological polar surface area (TPSA) is 78.1 Å². The minimum Gasteiger partial charge on any atom is -0.337 e. The number of amides is 1. The summed E-state index contributed by atoms with van der Waals surface area (Å²) in [6.45, 7) is 1.21. The van der Waals surface area contributed by atoms with Crippen LogP contribution in [-0.4, -0.2) is 40.4 Å². The van der Waals surface area contributed by atoms with Crippen LogP contribution in [0.2, 0.25) is 0 Å². The smallest absolute Gasteiger partial charge is 0.268 e. The van der Waals surface area contributed by atoms with Crippen LogP contribution in [0.4, 0.5) is 0 Å². The molecule has 0 spiro atoms. The van der Waals surface area contributed by atoms with E-state index in [9.17, 15) is 9.59 Å². The minimum atomic E-state index is -0.139. The first kappa shape index (κ1) is 13.3. The fraction of sp³-hybridized carbons (Fsp3) is 0.462. The van der Waals surface area contributed by atoms with Crippen molar-refractivity contribution in [3.05, 3.63) is 27.6 Å². The van der Waals surface area contributed by atoms with Crippen LogP contribution in [0, 0.1) is 0 Å². The Morgan fingerprint density at radius 1 is 1.60 bits per heavy atom. The average molecular weight is 292 g/mol. The standard InChI is InChI=1S/C13H16N4O2S/c1-17(13(19)9-3-2-5-14-9)7-10-15-8-4-6-20-11(8)12(18)16-10/h4,6,9,14H,2-3,5,7H2,1H3,(H,15,16,18)/t9-/m0/s1. The first-order valence-corrected chi connectivity index (χ1v) is 7.48. The summed E-state index contributed by atoms with van der Waals surface area (Å²) in [5.41, 5.74) is 0.549. The number of aromatic nitrogens is 2. The number of H-pyrrole nitrogens is 1. The zero-order valence-corrected chi connectivity index (χ0v) is 12.0. The average Bonchev–Trinajstić information content (AvgIpc) is 3.08. The van der Waals surface area contributed by atoms with Crippen molar-refractivity contribution in [1.29, 1.82) is 0 Å². The van der Waals surface area contributed by atoms with Crippen LogP contribution in [0.1, 0.15) is 18.7 Å². The van der Waals surface area contributed by atoms with Crippen molar-refractivity contribution in [2.45, 2.75) is 25.4 Å². The molecule has 1 atom stereocenters. The van der Waals surface area contributed by atoms with Crippen molar-refractivity contribution >= 4 is 27.5 Å². The molecular formula is C13H16N4O2S. The monoisotopic (exact) mass is 292 g/mol. The maximum Gasteiger partial charge on any atom is 0.268 e. The first-order chi connectivity index (χ1) is 9.65. The van der Waals surface area contributed by atoms with Crippen molar-refractivity contribution in [3.63, 3.8) is 0 Å². The Kier molecular flexibility index (Phi) is 3.54. The highest BCUT2D eigenvalue weighted by Gasteiger charge is 2.25. The summed E-state index contributed by atoms with van der Waals surface area (Å²) in [6, 6.07) is 1.72. The molecule has 1 aliphatic heterocycles. The van der Waals surface area contributed by atoms with Crippen molar-refractivity contribution in [2.75, 3.05) is 13.6 Å². The Hall–Kier alpha value is -1.73. The number of hydrogen-bond acceptors (Lipinski definition) is 5. The van der Waals surface area contributed by atoms with E-state index in [0.29, 0.717) is 22.6 Å². The van der Waals surface area contributed by atoms with Crippen LogP contribution >= 0.6 is 11.3 Å². The number of hydrogen-bond donors (Lipinski definition) is 2. The Balaban J connectivity index is 1.78. The largest absolute Gasteiger partial charge is 0.337 e. The van der Waals surface area contributed by atoms with Gasteiger partial charge in [0.1, 0.15) is 10.5 Å². The van der Waals surface area contributed by atoms with Gasteiger partial charge in [0.25, 0.3) is 5.56 Å². The van der Waals surface area contributed by atoms with Gasteiger partial charge in [-0.3, -0.25) is 9.59 Å². The number of nitrogens with one attached hydrogen (secondary N) is 2. The quantitative estimate of drug-likeness (QED) is 0.872. The van der Waals surface area contributed by atoms with Crippen LogP contribution in [-0.2, 0) is 11.3 Å². The highest BCUT2D eigenvalue weighted by Crippen LogP contribution is 2.14. The zero-order chi connectivity index (χ0) is 14.1. The predicted molar refractivity (Wildman–Crippen MR) is 77.7 cm³/mol. The van der Waals surface area contributed by atoms with E-state index in [2.05, 4.69) is 15.3 Å². The molecule has 0 bridgehead atoms. The molecule has 6 nitrogen and oxygen atoms in total. The zero-order valence-electron chi connectivity index (χ0n) is 11.2. The molecule has 3 heterocycles. The van der Waals surface area contributed by atoms with Gasteiger partial charge in [-0.25, -0.2) is 4.98 Å². The van der Waals surface area contributed by atoms with E-state index in [4.69, 9.17) is 0 Å². The van der Waals surface area contributed by atoms with Crippen molar-refractivity contribution in [3.8, 4) is 0 Å². The Bertz CT molecular complexity index is 687. The summed E-state index contributed by atoms with van der Waals surface area (Å²) in [5, 5.41) is 5.02. The molecule has 0 aliphatic carbocycles. The fourth-order valence-electron chi connectivity index (χ4n) is 2.46. The number of thiophene rings is 1. The summed E-state index contributed by atoms with van der Waals surface area (Å²) in [7, 11) is 1.74. The van der Waals surface area contributed by atoms with Crippen LogP contribution in [0.15, 0.2) is 16.2 Å². The number of likely N-dealkylation sites (N-methyl/N-ethyl adjacent to an activating group) is 1. The van der Waals surface area contributed by atoms with Gasteiger partial charge >= 0.3 is 0 Å². The molecule has 2 aromatic heterocycles. The highest BCUT2D eigenvalue weighted by atomic mass is 32.1. The van der Waals surface area contributed by atoms with Crippen LogP contribution in [0.25, 0.3) is 10.2 Å². The molecule has 3 rings (SSSR count). The van der Waals surface area contributed by atoms with Gasteiger partial charge in [-0.2, -0.15) is 0 Å². The SMILES string of the molecule is CN(Cc1nc2ccsc2c(=O)[nH]1)C(=O)[C@@H]1CCCN1. The van der Waals surface area contributed by atoms with Gasteiger partial charge in [-0.1, -0.05) is 0 Å². The van der Waals surface area contributed by atoms with Gasteiger partial charge in [0.2, 0.25) is 5.91 Å². The molecule has 0 unspecified atom stereocenters. The number of rotatable bonds is 3. The molecule has 1 amide bonds. The van der Waals surface area contributed by atoms with E-state index < -0.39 is 0 Å². The van der Waals surface area contributed by atoms with E-state index in [1.54, 1.807) is 11.9 Å². The number of carbonyl (C=O) groups is 1. The summed E-state index contributed by atoms with van der Waals surface area (Å²) in [5.74, 6) is 0.574. The van der Waals surface area contributed by atoms with E-state index in [1.165, 1.54) is 11.3 Å². The Morgan fingerprint density at radius 3 is 3.20 bits per heavy atom. The molecule has 1 saturated heterocycles. The third kappa shape index (κ3) is 2.46. The fourth-order valence-corrected chi connectivity index (χ4v) is 3.19. The van der Waals surface area contributed by atoms with Crippen molar-refractivity contribution in [2.24, 2.45) is 0 Å². The van der Waals surface area contributed by atoms with Crippen molar-refractivity contribution in [1.82, 2.24) is 20.2 Å². The predicted octanol–water partition coefficient (Wildman–Crippen LogP) is 0.695. The van der Waals surface area contributed by atoms with E-state index in [0.717, 1.165) is 19.4 Å². The molecule has 2 aromatic rings. The molecule has 0 aromatic carbocycles. The normalized spacial score (nSPS) is 18.6. The molecule has 0 saturated carbocycles. The van der Waals surface area contributed by atoms with Gasteiger partial charge in [-0.15, -0.1) is 11.3 Å². The van der Waals surface area contributed by atoms with Gasteiger partial charge in [0.05, 0.1) is 18.1 Å². The van der Waals surface area contributed by atoms with Gasteiger partial charge in [-0.05, 0) is 30.8 Å². The van der Waals surface area contributed by atoms with Crippen molar-refractivity contribution < 1.29 is 4.79 Å². The van der Waals surface area contributed by atoms with E-state index in [1.807, 2.05) is 11.4 Å². The number of carbonyl (C=O) groups excluding carboxylic acids is 1. The second kappa shape index (κ2) is 5.34. The van der Waals surface area contributed by atoms with E-state index in [-0.39, 0.29) is 17.5 Å². The van der Waals surface area contributed by atoms with Gasteiger partial charge in [0, 0.05) is 7.05 Å². The summed E-state index contributed by atoms with van der Waals surface area (Å²) in [4.78, 5) is 32.8. The summed E-state index contributed by atoms with van der Waals surface area (Å²) in [6.07, 6.45) is 1.90. The Labute approximate surface area is 119 Å². The minimum absolute atomic E-state index is 0.0514. The molecule has 1 aliphatic rings. The second-order valence-corrected chi connectivity index (χ2v) is 5.91. The maximum atomic E-state index is 12.2. The molecule has 7 heteroatoms. The third-order valence-electron chi connectivity index (χ3n) is 3.49. The summed E-state index contributed by atoms with van der Waals surface area (Å²) < 4.78 is 0.625. The number of aromatic amines is 1. The molecule has 106 valence electrons. The van der Waals surface area contributed by atoms with Crippen LogP contribution in [0.3, 0.4) is 0 Å². The summed E-state index contributed by atoms with van der Waals surface area (Å²) >= 11 is 1.37. The van der Waals surface area contributed by atoms with Gasteiger partial charge < -0.3 is 15.2 Å². The molecular weight excluding hydrogens is 276 g/mol. The Morgan fingerprint density at radius 2 is 2.45 bits per heavy atom. The molecule has 0 radical (unpaired) electrons. The second-order valence-electron chi connectivity index (χ2n) is 4.99. The maximum absolute atomic E-state index is 12.2. The molecule has 2 N–H and O–H groups in total. The van der Waals surface area contributed by atoms with Crippen LogP contribution < -0.4 is 10.9 Å². The number of nitrogens with zero attached hydrogens (tertiary/aromatic N) is 2. The van der Waals surface area contributed by atoms with Crippen LogP contribution in [0.5, 0.6) is 0 Å². The van der Waals surface area contributed by atoms with Gasteiger partial charge in [0.15, 0.2) is 0 Å². The highest BCUT2D eigenvalue weighted by molar-refractivity contribution is 7.17. The first-order valence-electron chi connectivity index (χ1n) is 6.60. The lowest BCUT2D eigenvalue weighted by Gasteiger charge is -2.20. The third-order valence-corrected chi connectivity index (χ3v) is 4.39.